The topological polar surface area (TPSA) is 146 Å². The molecule has 42 heavy (non-hydrogen) atoms. The maximum absolute atomic E-state index is 13.0. The summed E-state index contributed by atoms with van der Waals surface area (Å²) in [6.07, 6.45) is 6.18. The summed E-state index contributed by atoms with van der Waals surface area (Å²) >= 11 is 1.88. The average molecular weight is 602 g/mol. The standard InChI is InChI=1S/C31H47N5O5S/c1-19(2)13-24(34-29(39)22-15-20(3)14-21(4)16-22)30(40)33-23(17-37)9-7-8-12-32-27(38)11-6-5-10-26-28-25(18-42-26)35-31(41)36-28/h14-17,19,23-26,28H,5-13,18H2,1-4H3,(H,32,38)(H,33,40)(H,34,39)(H2,35,36,41)/t23-,24-,25-,26-,28-/m0/s1. The van der Waals surface area contributed by atoms with Crippen molar-refractivity contribution in [1.29, 1.82) is 0 Å². The van der Waals surface area contributed by atoms with Gasteiger partial charge in [-0.05, 0) is 70.4 Å². The molecule has 5 atom stereocenters. The van der Waals surface area contributed by atoms with E-state index in [2.05, 4.69) is 26.6 Å². The molecule has 0 saturated carbocycles. The maximum atomic E-state index is 13.0. The van der Waals surface area contributed by atoms with Crippen molar-refractivity contribution >= 4 is 41.8 Å². The third kappa shape index (κ3) is 10.6. The van der Waals surface area contributed by atoms with Crippen LogP contribution in [0.3, 0.4) is 0 Å². The molecular formula is C31H47N5O5S. The zero-order valence-electron chi connectivity index (χ0n) is 25.3. The predicted molar refractivity (Wildman–Crippen MR) is 165 cm³/mol. The van der Waals surface area contributed by atoms with Gasteiger partial charge >= 0.3 is 6.03 Å². The Morgan fingerprint density at radius 1 is 1.02 bits per heavy atom. The summed E-state index contributed by atoms with van der Waals surface area (Å²) in [6, 6.07) is 4.49. The molecule has 232 valence electrons. The fourth-order valence-corrected chi connectivity index (χ4v) is 7.13. The van der Waals surface area contributed by atoms with Gasteiger partial charge in [0.25, 0.3) is 5.91 Å². The lowest BCUT2D eigenvalue weighted by molar-refractivity contribution is -0.126. The van der Waals surface area contributed by atoms with Crippen molar-refractivity contribution in [3.63, 3.8) is 0 Å². The summed E-state index contributed by atoms with van der Waals surface area (Å²) in [7, 11) is 0. The summed E-state index contributed by atoms with van der Waals surface area (Å²) in [5.74, 6) is 0.432. The van der Waals surface area contributed by atoms with Crippen LogP contribution >= 0.6 is 11.8 Å². The molecule has 3 rings (SSSR count). The number of nitrogens with one attached hydrogen (secondary N) is 5. The Kier molecular flexibility index (Phi) is 13.2. The number of benzene rings is 1. The molecule has 0 bridgehead atoms. The molecule has 5 amide bonds. The van der Waals surface area contributed by atoms with E-state index >= 15 is 0 Å². The molecule has 0 unspecified atom stereocenters. The van der Waals surface area contributed by atoms with E-state index in [4.69, 9.17) is 0 Å². The number of carbonyl (C=O) groups is 5. The number of carbonyl (C=O) groups excluding carboxylic acids is 5. The normalized spacial score (nSPS) is 20.7. The monoisotopic (exact) mass is 601 g/mol. The molecule has 0 aromatic heterocycles. The largest absolute Gasteiger partial charge is 0.356 e. The Balaban J connectivity index is 1.32. The van der Waals surface area contributed by atoms with Gasteiger partial charge in [0.05, 0.1) is 18.1 Å². The van der Waals surface area contributed by atoms with Crippen LogP contribution in [0.4, 0.5) is 4.79 Å². The molecule has 2 saturated heterocycles. The Morgan fingerprint density at radius 3 is 2.45 bits per heavy atom. The molecule has 11 heteroatoms. The van der Waals surface area contributed by atoms with E-state index in [9.17, 15) is 24.0 Å². The number of hydrogen-bond donors (Lipinski definition) is 5. The molecule has 10 nitrogen and oxygen atoms in total. The van der Waals surface area contributed by atoms with Gasteiger partial charge in [-0.3, -0.25) is 14.4 Å². The fourth-order valence-electron chi connectivity index (χ4n) is 5.59. The Morgan fingerprint density at radius 2 is 1.76 bits per heavy atom. The van der Waals surface area contributed by atoms with Crippen LogP contribution in [0.1, 0.15) is 86.7 Å². The minimum atomic E-state index is -0.748. The zero-order valence-corrected chi connectivity index (χ0v) is 26.1. The van der Waals surface area contributed by atoms with Gasteiger partial charge in [-0.25, -0.2) is 4.79 Å². The van der Waals surface area contributed by atoms with Gasteiger partial charge in [-0.15, -0.1) is 0 Å². The number of fused-ring (bicyclic) bond motifs is 1. The summed E-state index contributed by atoms with van der Waals surface area (Å²) in [4.78, 5) is 61.3. The van der Waals surface area contributed by atoms with Gasteiger partial charge in [0.2, 0.25) is 11.8 Å². The highest BCUT2D eigenvalue weighted by molar-refractivity contribution is 8.00. The average Bonchev–Trinajstić information content (AvgIpc) is 3.48. The van der Waals surface area contributed by atoms with Crippen LogP contribution in [0.15, 0.2) is 18.2 Å². The molecule has 1 aromatic carbocycles. The van der Waals surface area contributed by atoms with Gasteiger partial charge in [0.15, 0.2) is 0 Å². The highest BCUT2D eigenvalue weighted by Crippen LogP contribution is 2.33. The number of aldehydes is 1. The summed E-state index contributed by atoms with van der Waals surface area (Å²) < 4.78 is 0. The van der Waals surface area contributed by atoms with Crippen LogP contribution in [0.2, 0.25) is 0 Å². The fraction of sp³-hybridized carbons (Fsp3) is 0.645. The van der Waals surface area contributed by atoms with E-state index in [-0.39, 0.29) is 41.8 Å². The first-order chi connectivity index (χ1) is 20.0. The second-order valence-corrected chi connectivity index (χ2v) is 13.3. The van der Waals surface area contributed by atoms with Crippen LogP contribution in [0.5, 0.6) is 0 Å². The Hall–Kier alpha value is -3.08. The molecule has 2 aliphatic rings. The van der Waals surface area contributed by atoms with Crippen molar-refractivity contribution in [1.82, 2.24) is 26.6 Å². The number of thioether (sulfide) groups is 1. The predicted octanol–water partition coefficient (Wildman–Crippen LogP) is 3.14. The van der Waals surface area contributed by atoms with Gasteiger partial charge in [0, 0.05) is 29.5 Å². The van der Waals surface area contributed by atoms with Gasteiger partial charge in [-0.1, -0.05) is 37.5 Å². The van der Waals surface area contributed by atoms with E-state index in [0.29, 0.717) is 49.5 Å². The highest BCUT2D eigenvalue weighted by atomic mass is 32.2. The van der Waals surface area contributed by atoms with Crippen LogP contribution in [-0.4, -0.2) is 71.8 Å². The lowest BCUT2D eigenvalue weighted by Gasteiger charge is -2.22. The number of aryl methyl sites for hydroxylation is 2. The van der Waals surface area contributed by atoms with Crippen molar-refractivity contribution in [3.8, 4) is 0 Å². The van der Waals surface area contributed by atoms with Crippen LogP contribution in [0.25, 0.3) is 0 Å². The molecule has 5 N–H and O–H groups in total. The van der Waals surface area contributed by atoms with Crippen LogP contribution in [0, 0.1) is 19.8 Å². The van der Waals surface area contributed by atoms with E-state index in [1.165, 1.54) is 0 Å². The lowest BCUT2D eigenvalue weighted by atomic mass is 10.0. The first kappa shape index (κ1) is 33.4. The second-order valence-electron chi connectivity index (χ2n) is 12.0. The first-order valence-electron chi connectivity index (χ1n) is 15.2. The second kappa shape index (κ2) is 16.5. The van der Waals surface area contributed by atoms with Crippen LogP contribution < -0.4 is 26.6 Å². The van der Waals surface area contributed by atoms with E-state index in [0.717, 1.165) is 42.4 Å². The molecule has 0 aliphatic carbocycles. The molecule has 2 fully saturated rings. The van der Waals surface area contributed by atoms with Crippen molar-refractivity contribution in [3.05, 3.63) is 34.9 Å². The van der Waals surface area contributed by atoms with Crippen LogP contribution in [-0.2, 0) is 14.4 Å². The minimum absolute atomic E-state index is 0.0131. The highest BCUT2D eigenvalue weighted by Gasteiger charge is 2.42. The summed E-state index contributed by atoms with van der Waals surface area (Å²) in [5, 5.41) is 14.9. The van der Waals surface area contributed by atoms with Crippen molar-refractivity contribution < 1.29 is 24.0 Å². The van der Waals surface area contributed by atoms with E-state index < -0.39 is 12.1 Å². The third-order valence-electron chi connectivity index (χ3n) is 7.65. The van der Waals surface area contributed by atoms with Gasteiger partial charge < -0.3 is 31.4 Å². The molecule has 2 heterocycles. The minimum Gasteiger partial charge on any atom is -0.356 e. The zero-order chi connectivity index (χ0) is 30.6. The maximum Gasteiger partial charge on any atom is 0.315 e. The first-order valence-corrected chi connectivity index (χ1v) is 16.2. The molecular weight excluding hydrogens is 554 g/mol. The molecule has 1 aromatic rings. The van der Waals surface area contributed by atoms with Crippen molar-refractivity contribution in [2.24, 2.45) is 5.92 Å². The molecule has 0 spiro atoms. The Bertz CT molecular complexity index is 1090. The third-order valence-corrected chi connectivity index (χ3v) is 9.16. The quantitative estimate of drug-likeness (QED) is 0.105. The number of rotatable bonds is 17. The van der Waals surface area contributed by atoms with Gasteiger partial charge in [0.1, 0.15) is 12.3 Å². The summed E-state index contributed by atoms with van der Waals surface area (Å²) in [6.45, 7) is 8.31. The number of amides is 5. The Labute approximate surface area is 253 Å². The lowest BCUT2D eigenvalue weighted by Crippen LogP contribution is -2.50. The summed E-state index contributed by atoms with van der Waals surface area (Å²) in [5.41, 5.74) is 2.45. The SMILES string of the molecule is Cc1cc(C)cc(C(=O)N[C@@H](CC(C)C)C(=O)N[C@H](C=O)CCCCNC(=O)CCCC[C@@H]2SC[C@@H]3NC(=O)N[C@@H]32)c1. The number of unbranched alkanes of at least 4 members (excludes halogenated alkanes) is 2. The van der Waals surface area contributed by atoms with Gasteiger partial charge in [-0.2, -0.15) is 11.8 Å². The van der Waals surface area contributed by atoms with Crippen molar-refractivity contribution in [2.45, 2.75) is 108 Å². The molecule has 0 radical (unpaired) electrons. The number of hydrogen-bond acceptors (Lipinski definition) is 6. The van der Waals surface area contributed by atoms with E-state index in [1.807, 2.05) is 45.5 Å². The number of urea groups is 1. The van der Waals surface area contributed by atoms with Crippen molar-refractivity contribution in [2.75, 3.05) is 12.3 Å². The van der Waals surface area contributed by atoms with E-state index in [1.54, 1.807) is 12.1 Å². The molecule has 2 aliphatic heterocycles. The smallest absolute Gasteiger partial charge is 0.315 e.